The summed E-state index contributed by atoms with van der Waals surface area (Å²) >= 11 is 18.1. The van der Waals surface area contributed by atoms with E-state index in [4.69, 9.17) is 34.8 Å². The molecule has 0 radical (unpaired) electrons. The standard InChI is InChI=1S/C17H16Cl3N/c1-10(11-3-5-16(19)17(20)9-11)21-15-7-12-2-4-14(18)6-13(12)8-15/h2-6,9-10,15,21H,7-8H2,1H3. The van der Waals surface area contributed by atoms with Crippen LogP contribution in [0.2, 0.25) is 15.1 Å². The molecule has 0 fully saturated rings. The third-order valence-corrected chi connectivity index (χ3v) is 5.00. The highest BCUT2D eigenvalue weighted by atomic mass is 35.5. The largest absolute Gasteiger partial charge is 0.307 e. The number of rotatable bonds is 3. The van der Waals surface area contributed by atoms with Gasteiger partial charge >= 0.3 is 0 Å². The molecule has 1 aliphatic rings. The molecule has 0 heterocycles. The lowest BCUT2D eigenvalue weighted by atomic mass is 10.1. The minimum Gasteiger partial charge on any atom is -0.307 e. The predicted octanol–water partition coefficient (Wildman–Crippen LogP) is 5.46. The minimum absolute atomic E-state index is 0.231. The Morgan fingerprint density at radius 2 is 1.71 bits per heavy atom. The molecule has 0 amide bonds. The van der Waals surface area contributed by atoms with Crippen LogP contribution in [-0.4, -0.2) is 6.04 Å². The normalized spacial score (nSPS) is 18.6. The van der Waals surface area contributed by atoms with E-state index < -0.39 is 0 Å². The van der Waals surface area contributed by atoms with Crippen molar-refractivity contribution in [3.63, 3.8) is 0 Å². The minimum atomic E-state index is 0.231. The third-order valence-electron chi connectivity index (χ3n) is 4.03. The van der Waals surface area contributed by atoms with Crippen molar-refractivity contribution in [1.29, 1.82) is 0 Å². The van der Waals surface area contributed by atoms with E-state index in [1.54, 1.807) is 0 Å². The van der Waals surface area contributed by atoms with Gasteiger partial charge in [-0.2, -0.15) is 0 Å². The quantitative estimate of drug-likeness (QED) is 0.781. The van der Waals surface area contributed by atoms with Crippen LogP contribution in [0.3, 0.4) is 0 Å². The average Bonchev–Trinajstić information content (AvgIpc) is 2.83. The molecule has 110 valence electrons. The van der Waals surface area contributed by atoms with Crippen LogP contribution in [-0.2, 0) is 12.8 Å². The first-order valence-electron chi connectivity index (χ1n) is 7.01. The fourth-order valence-electron chi connectivity index (χ4n) is 2.94. The summed E-state index contributed by atoms with van der Waals surface area (Å²) in [5, 5.41) is 5.67. The van der Waals surface area contributed by atoms with Gasteiger partial charge in [-0.3, -0.25) is 0 Å². The molecule has 0 saturated heterocycles. The summed E-state index contributed by atoms with van der Waals surface area (Å²) in [6.07, 6.45) is 2.06. The van der Waals surface area contributed by atoms with Crippen LogP contribution in [0, 0.1) is 0 Å². The summed E-state index contributed by atoms with van der Waals surface area (Å²) in [6.45, 7) is 2.15. The summed E-state index contributed by atoms with van der Waals surface area (Å²) in [7, 11) is 0. The molecule has 2 atom stereocenters. The lowest BCUT2D eigenvalue weighted by molar-refractivity contribution is 0.467. The van der Waals surface area contributed by atoms with Crippen molar-refractivity contribution in [3.8, 4) is 0 Å². The van der Waals surface area contributed by atoms with Gasteiger partial charge in [0.1, 0.15) is 0 Å². The first-order valence-corrected chi connectivity index (χ1v) is 8.14. The van der Waals surface area contributed by atoms with Crippen LogP contribution >= 0.6 is 34.8 Å². The van der Waals surface area contributed by atoms with Gasteiger partial charge in [-0.05, 0) is 60.7 Å². The number of fused-ring (bicyclic) bond motifs is 1. The molecule has 0 bridgehead atoms. The van der Waals surface area contributed by atoms with Gasteiger partial charge < -0.3 is 5.32 Å². The van der Waals surface area contributed by atoms with E-state index >= 15 is 0 Å². The fourth-order valence-corrected chi connectivity index (χ4v) is 3.44. The van der Waals surface area contributed by atoms with Crippen molar-refractivity contribution < 1.29 is 0 Å². The lowest BCUT2D eigenvalue weighted by Crippen LogP contribution is -2.32. The Labute approximate surface area is 140 Å². The van der Waals surface area contributed by atoms with Crippen LogP contribution in [0.25, 0.3) is 0 Å². The van der Waals surface area contributed by atoms with Gasteiger partial charge in [-0.1, -0.05) is 46.9 Å². The number of benzene rings is 2. The Morgan fingerprint density at radius 1 is 0.952 bits per heavy atom. The van der Waals surface area contributed by atoms with Crippen molar-refractivity contribution in [1.82, 2.24) is 5.32 Å². The molecular weight excluding hydrogens is 325 g/mol. The molecule has 3 rings (SSSR count). The highest BCUT2D eigenvalue weighted by Gasteiger charge is 2.23. The number of halogens is 3. The molecular formula is C17H16Cl3N. The molecule has 4 heteroatoms. The second-order valence-corrected chi connectivity index (χ2v) is 6.83. The summed E-state index contributed by atoms with van der Waals surface area (Å²) in [5.41, 5.74) is 3.89. The summed E-state index contributed by atoms with van der Waals surface area (Å²) < 4.78 is 0. The highest BCUT2D eigenvalue weighted by Crippen LogP contribution is 2.29. The SMILES string of the molecule is CC(NC1Cc2ccc(Cl)cc2C1)c1ccc(Cl)c(Cl)c1. The van der Waals surface area contributed by atoms with Crippen LogP contribution in [0.4, 0.5) is 0 Å². The van der Waals surface area contributed by atoms with Gasteiger partial charge in [-0.25, -0.2) is 0 Å². The van der Waals surface area contributed by atoms with Crippen molar-refractivity contribution in [2.24, 2.45) is 0 Å². The zero-order valence-electron chi connectivity index (χ0n) is 11.7. The van der Waals surface area contributed by atoms with Crippen molar-refractivity contribution in [2.45, 2.75) is 31.8 Å². The predicted molar refractivity (Wildman–Crippen MR) is 90.7 cm³/mol. The van der Waals surface area contributed by atoms with Crippen LogP contribution in [0.15, 0.2) is 36.4 Å². The van der Waals surface area contributed by atoms with Crippen LogP contribution in [0.5, 0.6) is 0 Å². The molecule has 1 N–H and O–H groups in total. The summed E-state index contributed by atoms with van der Waals surface area (Å²) in [6, 6.07) is 12.6. The Balaban J connectivity index is 1.69. The van der Waals surface area contributed by atoms with Gasteiger partial charge in [0.15, 0.2) is 0 Å². The van der Waals surface area contributed by atoms with Crippen LogP contribution in [0.1, 0.15) is 29.7 Å². The number of nitrogens with one attached hydrogen (secondary N) is 1. The van der Waals surface area contributed by atoms with Crippen molar-refractivity contribution in [2.75, 3.05) is 0 Å². The van der Waals surface area contributed by atoms with Gasteiger partial charge in [0.25, 0.3) is 0 Å². The van der Waals surface area contributed by atoms with E-state index in [0.717, 1.165) is 23.4 Å². The Bertz CT molecular complexity index is 669. The topological polar surface area (TPSA) is 12.0 Å². The molecule has 0 aromatic heterocycles. The maximum absolute atomic E-state index is 6.09. The highest BCUT2D eigenvalue weighted by molar-refractivity contribution is 6.42. The third kappa shape index (κ3) is 3.37. The fraction of sp³-hybridized carbons (Fsp3) is 0.294. The molecule has 1 aliphatic carbocycles. The molecule has 0 saturated carbocycles. The van der Waals surface area contributed by atoms with Crippen LogP contribution < -0.4 is 5.32 Å². The Kier molecular flexibility index (Phi) is 4.46. The zero-order chi connectivity index (χ0) is 15.0. The van der Waals surface area contributed by atoms with E-state index in [1.807, 2.05) is 24.3 Å². The molecule has 2 aromatic rings. The molecule has 0 spiro atoms. The number of hydrogen-bond acceptors (Lipinski definition) is 1. The maximum Gasteiger partial charge on any atom is 0.0595 e. The summed E-state index contributed by atoms with van der Waals surface area (Å²) in [5.74, 6) is 0. The van der Waals surface area contributed by atoms with Gasteiger partial charge in [0.2, 0.25) is 0 Å². The first-order chi connectivity index (χ1) is 10.0. The lowest BCUT2D eigenvalue weighted by Gasteiger charge is -2.20. The summed E-state index contributed by atoms with van der Waals surface area (Å²) in [4.78, 5) is 0. The molecule has 1 nitrogen and oxygen atoms in total. The molecule has 21 heavy (non-hydrogen) atoms. The average molecular weight is 341 g/mol. The second-order valence-electron chi connectivity index (χ2n) is 5.58. The van der Waals surface area contributed by atoms with E-state index in [0.29, 0.717) is 16.1 Å². The second kappa shape index (κ2) is 6.18. The van der Waals surface area contributed by atoms with E-state index in [-0.39, 0.29) is 6.04 Å². The maximum atomic E-state index is 6.09. The van der Waals surface area contributed by atoms with Crippen molar-refractivity contribution in [3.05, 3.63) is 68.2 Å². The molecule has 2 aromatic carbocycles. The smallest absolute Gasteiger partial charge is 0.0595 e. The Morgan fingerprint density at radius 3 is 2.48 bits per heavy atom. The monoisotopic (exact) mass is 339 g/mol. The van der Waals surface area contributed by atoms with Gasteiger partial charge in [-0.15, -0.1) is 0 Å². The number of hydrogen-bond donors (Lipinski definition) is 1. The first kappa shape index (κ1) is 15.2. The van der Waals surface area contributed by atoms with Gasteiger partial charge in [0, 0.05) is 17.1 Å². The van der Waals surface area contributed by atoms with E-state index in [2.05, 4.69) is 24.4 Å². The van der Waals surface area contributed by atoms with E-state index in [1.165, 1.54) is 11.1 Å². The zero-order valence-corrected chi connectivity index (χ0v) is 13.9. The molecule has 0 aliphatic heterocycles. The van der Waals surface area contributed by atoms with E-state index in [9.17, 15) is 0 Å². The van der Waals surface area contributed by atoms with Crippen molar-refractivity contribution >= 4 is 34.8 Å². The van der Waals surface area contributed by atoms with Gasteiger partial charge in [0.05, 0.1) is 10.0 Å². The Hall–Kier alpha value is -0.730. The molecule has 2 unspecified atom stereocenters.